The van der Waals surface area contributed by atoms with Crippen LogP contribution in [0, 0.1) is 6.92 Å². The number of carbonyl (C=O) groups is 1. The summed E-state index contributed by atoms with van der Waals surface area (Å²) in [4.78, 5) is 17.8. The molecular weight excluding hydrogens is 298 g/mol. The van der Waals surface area contributed by atoms with E-state index in [4.69, 9.17) is 5.14 Å². The molecule has 2 heterocycles. The summed E-state index contributed by atoms with van der Waals surface area (Å²) in [5, 5.41) is 4.81. The minimum atomic E-state index is -3.70. The van der Waals surface area contributed by atoms with Crippen molar-refractivity contribution in [2.75, 3.05) is 11.4 Å². The monoisotopic (exact) mass is 311 g/mol. The maximum absolute atomic E-state index is 12.0. The summed E-state index contributed by atoms with van der Waals surface area (Å²) < 4.78 is 23.7. The number of thiazole rings is 1. The van der Waals surface area contributed by atoms with Gasteiger partial charge in [-0.05, 0) is 18.6 Å². The number of benzene rings is 1. The van der Waals surface area contributed by atoms with Crippen LogP contribution in [0.1, 0.15) is 12.0 Å². The van der Waals surface area contributed by atoms with Crippen LogP contribution in [0.5, 0.6) is 0 Å². The molecule has 0 saturated carbocycles. The second-order valence-electron chi connectivity index (χ2n) is 4.84. The van der Waals surface area contributed by atoms with E-state index in [0.717, 1.165) is 15.8 Å². The molecule has 1 saturated heterocycles. The standard InChI is InChI=1S/C12H13N3O3S2/c1-7-3-2-4-9-11(7)14-12(19-9)15-6-8(5-10(15)16)20(13,17)18/h2-4,8H,5-6H2,1H3,(H2,13,17,18). The lowest BCUT2D eigenvalue weighted by atomic mass is 10.2. The number of nitrogens with zero attached hydrogens (tertiary/aromatic N) is 2. The molecule has 3 rings (SSSR count). The third-order valence-corrected chi connectivity index (χ3v) is 5.68. The van der Waals surface area contributed by atoms with Gasteiger partial charge in [-0.25, -0.2) is 18.5 Å². The van der Waals surface area contributed by atoms with Gasteiger partial charge in [0.15, 0.2) is 5.13 Å². The molecule has 1 atom stereocenters. The minimum Gasteiger partial charge on any atom is -0.287 e. The zero-order valence-corrected chi connectivity index (χ0v) is 12.4. The lowest BCUT2D eigenvalue weighted by molar-refractivity contribution is -0.117. The van der Waals surface area contributed by atoms with Gasteiger partial charge in [0.1, 0.15) is 5.25 Å². The lowest BCUT2D eigenvalue weighted by Gasteiger charge is -2.11. The first-order valence-electron chi connectivity index (χ1n) is 6.04. The molecule has 2 N–H and O–H groups in total. The Morgan fingerprint density at radius 3 is 2.80 bits per heavy atom. The first-order valence-corrected chi connectivity index (χ1v) is 8.47. The molecule has 1 aromatic heterocycles. The number of hydrogen-bond acceptors (Lipinski definition) is 5. The Balaban J connectivity index is 2.00. The molecule has 8 heteroatoms. The fraction of sp³-hybridized carbons (Fsp3) is 0.333. The number of nitrogens with two attached hydrogens (primary N) is 1. The summed E-state index contributed by atoms with van der Waals surface area (Å²) >= 11 is 1.38. The fourth-order valence-electron chi connectivity index (χ4n) is 2.27. The number of sulfonamides is 1. The smallest absolute Gasteiger partial charge is 0.230 e. The van der Waals surface area contributed by atoms with Gasteiger partial charge < -0.3 is 0 Å². The van der Waals surface area contributed by atoms with Gasteiger partial charge in [-0.3, -0.25) is 9.69 Å². The van der Waals surface area contributed by atoms with E-state index >= 15 is 0 Å². The number of hydrogen-bond donors (Lipinski definition) is 1. The number of carbonyl (C=O) groups excluding carboxylic acids is 1. The van der Waals surface area contributed by atoms with Crippen LogP contribution in [0.2, 0.25) is 0 Å². The van der Waals surface area contributed by atoms with Crippen LogP contribution in [0.4, 0.5) is 5.13 Å². The van der Waals surface area contributed by atoms with Gasteiger partial charge in [0.05, 0.1) is 10.2 Å². The highest BCUT2D eigenvalue weighted by Gasteiger charge is 2.38. The van der Waals surface area contributed by atoms with Crippen molar-refractivity contribution in [3.8, 4) is 0 Å². The Labute approximate surface area is 120 Å². The second-order valence-corrected chi connectivity index (χ2v) is 7.69. The number of amides is 1. The van der Waals surface area contributed by atoms with Crippen molar-refractivity contribution in [3.63, 3.8) is 0 Å². The average Bonchev–Trinajstić information content (AvgIpc) is 2.92. The summed E-state index contributed by atoms with van der Waals surface area (Å²) in [5.41, 5.74) is 1.87. The Morgan fingerprint density at radius 1 is 1.45 bits per heavy atom. The molecule has 1 amide bonds. The first-order chi connectivity index (χ1) is 9.36. The maximum atomic E-state index is 12.0. The predicted molar refractivity (Wildman–Crippen MR) is 78.2 cm³/mol. The lowest BCUT2D eigenvalue weighted by Crippen LogP contribution is -2.32. The van der Waals surface area contributed by atoms with Crippen molar-refractivity contribution in [3.05, 3.63) is 23.8 Å². The molecule has 0 radical (unpaired) electrons. The van der Waals surface area contributed by atoms with E-state index in [-0.39, 0.29) is 18.9 Å². The molecule has 0 bridgehead atoms. The molecule has 1 aromatic carbocycles. The van der Waals surface area contributed by atoms with Gasteiger partial charge in [0, 0.05) is 13.0 Å². The summed E-state index contributed by atoms with van der Waals surface area (Å²) in [6.45, 7) is 2.03. The summed E-state index contributed by atoms with van der Waals surface area (Å²) in [6.07, 6.45) is -0.0757. The SMILES string of the molecule is Cc1cccc2sc(N3CC(S(N)(=O)=O)CC3=O)nc12. The van der Waals surface area contributed by atoms with Crippen molar-refractivity contribution in [2.45, 2.75) is 18.6 Å². The van der Waals surface area contributed by atoms with E-state index in [1.807, 2.05) is 25.1 Å². The van der Waals surface area contributed by atoms with E-state index in [1.54, 1.807) is 0 Å². The van der Waals surface area contributed by atoms with Crippen molar-refractivity contribution in [1.29, 1.82) is 0 Å². The molecule has 0 aliphatic carbocycles. The average molecular weight is 311 g/mol. The van der Waals surface area contributed by atoms with Crippen LogP contribution >= 0.6 is 11.3 Å². The third kappa shape index (κ3) is 2.19. The zero-order valence-electron chi connectivity index (χ0n) is 10.7. The minimum absolute atomic E-state index is 0.0757. The van der Waals surface area contributed by atoms with Crippen LogP contribution in [-0.2, 0) is 14.8 Å². The molecule has 2 aromatic rings. The van der Waals surface area contributed by atoms with Gasteiger partial charge in [0.2, 0.25) is 15.9 Å². The van der Waals surface area contributed by atoms with E-state index < -0.39 is 15.3 Å². The molecule has 0 spiro atoms. The Hall–Kier alpha value is -1.51. The highest BCUT2D eigenvalue weighted by Crippen LogP contribution is 2.33. The molecule has 1 aliphatic rings. The largest absolute Gasteiger partial charge is 0.287 e. The molecule has 1 aliphatic heterocycles. The molecule has 106 valence electrons. The van der Waals surface area contributed by atoms with Crippen molar-refractivity contribution >= 4 is 42.6 Å². The number of fused-ring (bicyclic) bond motifs is 1. The van der Waals surface area contributed by atoms with Crippen LogP contribution in [0.25, 0.3) is 10.2 Å². The Kier molecular flexibility index (Phi) is 3.03. The van der Waals surface area contributed by atoms with Crippen molar-refractivity contribution in [2.24, 2.45) is 5.14 Å². The highest BCUT2D eigenvalue weighted by molar-refractivity contribution is 7.89. The van der Waals surface area contributed by atoms with Crippen LogP contribution < -0.4 is 10.0 Å². The normalized spacial score (nSPS) is 20.0. The van der Waals surface area contributed by atoms with Gasteiger partial charge in [-0.15, -0.1) is 0 Å². The number of aryl methyl sites for hydroxylation is 1. The Morgan fingerprint density at radius 2 is 2.20 bits per heavy atom. The zero-order chi connectivity index (χ0) is 14.5. The first kappa shape index (κ1) is 13.5. The number of primary sulfonamides is 1. The molecular formula is C12H13N3O3S2. The van der Waals surface area contributed by atoms with Gasteiger partial charge in [-0.2, -0.15) is 0 Å². The highest BCUT2D eigenvalue weighted by atomic mass is 32.2. The molecule has 1 unspecified atom stereocenters. The molecule has 20 heavy (non-hydrogen) atoms. The van der Waals surface area contributed by atoms with E-state index in [2.05, 4.69) is 4.98 Å². The van der Waals surface area contributed by atoms with Gasteiger partial charge in [-0.1, -0.05) is 23.5 Å². The van der Waals surface area contributed by atoms with E-state index in [0.29, 0.717) is 5.13 Å². The third-order valence-electron chi connectivity index (χ3n) is 3.39. The number of para-hydroxylation sites is 1. The van der Waals surface area contributed by atoms with Crippen molar-refractivity contribution in [1.82, 2.24) is 4.98 Å². The van der Waals surface area contributed by atoms with Crippen molar-refractivity contribution < 1.29 is 13.2 Å². The maximum Gasteiger partial charge on any atom is 0.230 e. The molecule has 1 fully saturated rings. The Bertz CT molecular complexity index is 797. The summed E-state index contributed by atoms with van der Waals surface area (Å²) in [7, 11) is -3.70. The molecule has 6 nitrogen and oxygen atoms in total. The van der Waals surface area contributed by atoms with Crippen LogP contribution in [-0.4, -0.2) is 31.1 Å². The predicted octanol–water partition coefficient (Wildman–Crippen LogP) is 0.999. The second kappa shape index (κ2) is 4.51. The number of anilines is 1. The topological polar surface area (TPSA) is 93.4 Å². The van der Waals surface area contributed by atoms with E-state index in [1.165, 1.54) is 16.2 Å². The summed E-state index contributed by atoms with van der Waals surface area (Å²) in [6, 6.07) is 5.81. The number of aromatic nitrogens is 1. The van der Waals surface area contributed by atoms with Gasteiger partial charge >= 0.3 is 0 Å². The van der Waals surface area contributed by atoms with Crippen LogP contribution in [0.3, 0.4) is 0 Å². The quantitative estimate of drug-likeness (QED) is 0.895. The number of rotatable bonds is 2. The van der Waals surface area contributed by atoms with Crippen LogP contribution in [0.15, 0.2) is 18.2 Å². The fourth-order valence-corrected chi connectivity index (χ4v) is 4.07. The summed E-state index contributed by atoms with van der Waals surface area (Å²) in [5.74, 6) is -0.249. The van der Waals surface area contributed by atoms with E-state index in [9.17, 15) is 13.2 Å². The van der Waals surface area contributed by atoms with Gasteiger partial charge in [0.25, 0.3) is 0 Å².